The highest BCUT2D eigenvalue weighted by atomic mass is 16.5. The van der Waals surface area contributed by atoms with Gasteiger partial charge in [0.2, 0.25) is 17.7 Å². The van der Waals surface area contributed by atoms with Crippen molar-refractivity contribution in [2.45, 2.75) is 51.7 Å². The van der Waals surface area contributed by atoms with Gasteiger partial charge in [0.1, 0.15) is 17.8 Å². The lowest BCUT2D eigenvalue weighted by Crippen LogP contribution is -2.55. The van der Waals surface area contributed by atoms with Gasteiger partial charge in [-0.25, -0.2) is 0 Å². The van der Waals surface area contributed by atoms with Crippen molar-refractivity contribution in [3.05, 3.63) is 101 Å². The number of hydrogen-bond donors (Lipinski definition) is 3. The lowest BCUT2D eigenvalue weighted by molar-refractivity contribution is -0.132. The molecule has 1 unspecified atom stereocenters. The molecule has 0 aliphatic rings. The highest BCUT2D eigenvalue weighted by Gasteiger charge is 2.27. The Kier molecular flexibility index (Phi) is 11.1. The maximum Gasteiger partial charge on any atom is 0.243 e. The quantitative estimate of drug-likeness (QED) is 0.315. The standard InChI is InChI=1S/C31H34N4O4/c1-3-29(36)34-28(19-23-14-16-26(17-15-23)39-4-2)31(38)35-27(18-22-8-6-5-7-9-22)30(37)33-21-25-12-10-24(20-32)11-13-25/h5-17,27-28H,3-4,18-19,21H2,1-2H3,(H,33,37)(H,34,36)(H,35,38)/t27?,28-/m1/s1. The lowest BCUT2D eigenvalue weighted by atomic mass is 10.0. The largest absolute Gasteiger partial charge is 0.494 e. The van der Waals surface area contributed by atoms with Crippen LogP contribution in [0.3, 0.4) is 0 Å². The van der Waals surface area contributed by atoms with Crippen LogP contribution in [-0.2, 0) is 33.8 Å². The molecule has 0 aliphatic heterocycles. The Morgan fingerprint density at radius 1 is 0.769 bits per heavy atom. The average molecular weight is 527 g/mol. The number of carbonyl (C=O) groups is 3. The van der Waals surface area contributed by atoms with E-state index in [2.05, 4.69) is 22.0 Å². The van der Waals surface area contributed by atoms with Crippen LogP contribution in [0.2, 0.25) is 0 Å². The van der Waals surface area contributed by atoms with Gasteiger partial charge in [-0.05, 0) is 47.9 Å². The van der Waals surface area contributed by atoms with Crippen LogP contribution in [0.4, 0.5) is 0 Å². The molecule has 39 heavy (non-hydrogen) atoms. The fourth-order valence-corrected chi connectivity index (χ4v) is 3.97. The van der Waals surface area contributed by atoms with Crippen LogP contribution < -0.4 is 20.7 Å². The van der Waals surface area contributed by atoms with Gasteiger partial charge in [-0.1, -0.05) is 61.5 Å². The second-order valence-corrected chi connectivity index (χ2v) is 9.03. The SMILES string of the molecule is CCOc1ccc(C[C@@H](NC(=O)CC)C(=O)NC(Cc2ccccc2)C(=O)NCc2ccc(C#N)cc2)cc1. The van der Waals surface area contributed by atoms with Crippen LogP contribution in [0, 0.1) is 11.3 Å². The molecule has 3 aromatic carbocycles. The second-order valence-electron chi connectivity index (χ2n) is 9.03. The summed E-state index contributed by atoms with van der Waals surface area (Å²) in [5.41, 5.74) is 3.10. The molecule has 0 aromatic heterocycles. The van der Waals surface area contributed by atoms with Crippen molar-refractivity contribution in [1.82, 2.24) is 16.0 Å². The van der Waals surface area contributed by atoms with Crippen LogP contribution in [0.15, 0.2) is 78.9 Å². The van der Waals surface area contributed by atoms with E-state index in [4.69, 9.17) is 10.00 Å². The number of benzene rings is 3. The number of nitriles is 1. The van der Waals surface area contributed by atoms with E-state index in [0.717, 1.165) is 22.4 Å². The van der Waals surface area contributed by atoms with Crippen LogP contribution in [0.1, 0.15) is 42.5 Å². The molecule has 3 rings (SSSR count). The van der Waals surface area contributed by atoms with E-state index in [0.29, 0.717) is 12.2 Å². The summed E-state index contributed by atoms with van der Waals surface area (Å²) in [4.78, 5) is 39.0. The summed E-state index contributed by atoms with van der Waals surface area (Å²) < 4.78 is 5.49. The zero-order chi connectivity index (χ0) is 28.0. The first kappa shape index (κ1) is 28.9. The maximum atomic E-state index is 13.5. The zero-order valence-corrected chi connectivity index (χ0v) is 22.3. The number of nitrogens with one attached hydrogen (secondary N) is 3. The molecule has 2 atom stereocenters. The normalized spacial score (nSPS) is 11.9. The molecule has 3 aromatic rings. The monoisotopic (exact) mass is 526 g/mol. The van der Waals surface area contributed by atoms with Gasteiger partial charge in [0.05, 0.1) is 18.2 Å². The number of rotatable bonds is 13. The third-order valence-electron chi connectivity index (χ3n) is 6.11. The molecular weight excluding hydrogens is 492 g/mol. The van der Waals surface area contributed by atoms with E-state index in [1.54, 1.807) is 31.2 Å². The number of carbonyl (C=O) groups excluding carboxylic acids is 3. The fraction of sp³-hybridized carbons (Fsp3) is 0.290. The first-order chi connectivity index (χ1) is 18.9. The molecule has 202 valence electrons. The first-order valence-corrected chi connectivity index (χ1v) is 13.0. The Bertz CT molecular complexity index is 1270. The molecule has 3 N–H and O–H groups in total. The Labute approximate surface area is 229 Å². The Balaban J connectivity index is 1.75. The highest BCUT2D eigenvalue weighted by Crippen LogP contribution is 2.14. The minimum atomic E-state index is -0.861. The molecule has 0 aliphatic carbocycles. The molecule has 0 saturated heterocycles. The van der Waals surface area contributed by atoms with E-state index in [1.807, 2.05) is 61.5 Å². The van der Waals surface area contributed by atoms with Gasteiger partial charge in [-0.2, -0.15) is 5.26 Å². The van der Waals surface area contributed by atoms with E-state index in [1.165, 1.54) is 0 Å². The van der Waals surface area contributed by atoms with Gasteiger partial charge < -0.3 is 20.7 Å². The topological polar surface area (TPSA) is 120 Å². The van der Waals surface area contributed by atoms with Crippen LogP contribution >= 0.6 is 0 Å². The van der Waals surface area contributed by atoms with Crippen molar-refractivity contribution in [2.24, 2.45) is 0 Å². The Morgan fingerprint density at radius 3 is 1.95 bits per heavy atom. The second kappa shape index (κ2) is 14.9. The van der Waals surface area contributed by atoms with E-state index in [-0.39, 0.29) is 37.6 Å². The summed E-state index contributed by atoms with van der Waals surface area (Å²) >= 11 is 0. The van der Waals surface area contributed by atoms with Crippen molar-refractivity contribution < 1.29 is 19.1 Å². The third-order valence-corrected chi connectivity index (χ3v) is 6.11. The van der Waals surface area contributed by atoms with Crippen LogP contribution in [-0.4, -0.2) is 36.4 Å². The predicted molar refractivity (Wildman–Crippen MR) is 149 cm³/mol. The van der Waals surface area contributed by atoms with Gasteiger partial charge >= 0.3 is 0 Å². The van der Waals surface area contributed by atoms with Crippen molar-refractivity contribution >= 4 is 17.7 Å². The van der Waals surface area contributed by atoms with Gasteiger partial charge in [0, 0.05) is 25.8 Å². The Morgan fingerprint density at radius 2 is 1.36 bits per heavy atom. The maximum absolute atomic E-state index is 13.5. The summed E-state index contributed by atoms with van der Waals surface area (Å²) in [6.45, 7) is 4.41. The molecule has 0 saturated carbocycles. The fourth-order valence-electron chi connectivity index (χ4n) is 3.97. The highest BCUT2D eigenvalue weighted by molar-refractivity contribution is 5.92. The number of hydrogen-bond acceptors (Lipinski definition) is 5. The molecule has 0 radical (unpaired) electrons. The third kappa shape index (κ3) is 9.31. The number of amides is 3. The molecule has 8 heteroatoms. The molecule has 8 nitrogen and oxygen atoms in total. The summed E-state index contributed by atoms with van der Waals surface area (Å²) in [6.07, 6.45) is 0.768. The van der Waals surface area contributed by atoms with E-state index in [9.17, 15) is 14.4 Å². The van der Waals surface area contributed by atoms with Crippen molar-refractivity contribution in [3.8, 4) is 11.8 Å². The smallest absolute Gasteiger partial charge is 0.243 e. The molecule has 0 fully saturated rings. The predicted octanol–water partition coefficient (Wildman–Crippen LogP) is 3.44. The van der Waals surface area contributed by atoms with Crippen molar-refractivity contribution in [2.75, 3.05) is 6.61 Å². The molecular formula is C31H34N4O4. The van der Waals surface area contributed by atoms with Crippen LogP contribution in [0.5, 0.6) is 5.75 Å². The summed E-state index contributed by atoms with van der Waals surface area (Å²) in [5.74, 6) is -0.328. The number of nitrogens with zero attached hydrogens (tertiary/aromatic N) is 1. The molecule has 0 bridgehead atoms. The van der Waals surface area contributed by atoms with Crippen LogP contribution in [0.25, 0.3) is 0 Å². The average Bonchev–Trinajstić information content (AvgIpc) is 2.97. The summed E-state index contributed by atoms with van der Waals surface area (Å²) in [7, 11) is 0. The van der Waals surface area contributed by atoms with Gasteiger partial charge in [0.15, 0.2) is 0 Å². The van der Waals surface area contributed by atoms with Gasteiger partial charge in [0.25, 0.3) is 0 Å². The van der Waals surface area contributed by atoms with Crippen molar-refractivity contribution in [3.63, 3.8) is 0 Å². The van der Waals surface area contributed by atoms with Crippen molar-refractivity contribution in [1.29, 1.82) is 5.26 Å². The molecule has 0 spiro atoms. The number of ether oxygens (including phenoxy) is 1. The molecule has 0 heterocycles. The van der Waals surface area contributed by atoms with E-state index < -0.39 is 18.0 Å². The molecule has 3 amide bonds. The zero-order valence-electron chi connectivity index (χ0n) is 22.3. The van der Waals surface area contributed by atoms with E-state index >= 15 is 0 Å². The first-order valence-electron chi connectivity index (χ1n) is 13.0. The lowest BCUT2D eigenvalue weighted by Gasteiger charge is -2.23. The van der Waals surface area contributed by atoms with Gasteiger partial charge in [-0.3, -0.25) is 14.4 Å². The minimum Gasteiger partial charge on any atom is -0.494 e. The van der Waals surface area contributed by atoms with Gasteiger partial charge in [-0.15, -0.1) is 0 Å². The Hall–Kier alpha value is -4.64. The summed E-state index contributed by atoms with van der Waals surface area (Å²) in [6, 6.07) is 24.0. The minimum absolute atomic E-state index is 0.228. The summed E-state index contributed by atoms with van der Waals surface area (Å²) in [5, 5.41) is 17.5.